The van der Waals surface area contributed by atoms with Crippen LogP contribution in [0.3, 0.4) is 0 Å². The first-order valence-corrected chi connectivity index (χ1v) is 7.26. The third kappa shape index (κ3) is 3.74. The van der Waals surface area contributed by atoms with Crippen molar-refractivity contribution in [3.8, 4) is 5.75 Å². The number of piperidine rings is 1. The second-order valence-corrected chi connectivity index (χ2v) is 5.55. The van der Waals surface area contributed by atoms with E-state index in [0.717, 1.165) is 19.3 Å². The molecule has 0 unspecified atom stereocenters. The maximum atomic E-state index is 12.3. The van der Waals surface area contributed by atoms with Crippen LogP contribution in [0.4, 0.5) is 0 Å². The monoisotopic (exact) mass is 291 g/mol. The highest BCUT2D eigenvalue weighted by atomic mass is 16.5. The second-order valence-electron chi connectivity index (χ2n) is 5.55. The molecule has 2 rings (SSSR count). The first kappa shape index (κ1) is 15.4. The van der Waals surface area contributed by atoms with Crippen LogP contribution in [0, 0.1) is 0 Å². The number of rotatable bonds is 4. The van der Waals surface area contributed by atoms with E-state index < -0.39 is 5.97 Å². The Hall–Kier alpha value is -2.04. The fourth-order valence-electron chi connectivity index (χ4n) is 2.83. The van der Waals surface area contributed by atoms with Crippen LogP contribution in [-0.4, -0.2) is 40.6 Å². The first-order valence-electron chi connectivity index (χ1n) is 7.26. The van der Waals surface area contributed by atoms with Crippen LogP contribution in [0.5, 0.6) is 5.75 Å². The Morgan fingerprint density at radius 3 is 2.29 bits per heavy atom. The normalized spacial score (nSPS) is 21.9. The number of likely N-dealkylation sites (tertiary alicyclic amines) is 1. The van der Waals surface area contributed by atoms with Crippen LogP contribution >= 0.6 is 0 Å². The minimum atomic E-state index is -0.978. The number of carbonyl (C=O) groups is 2. The van der Waals surface area contributed by atoms with E-state index in [0.29, 0.717) is 5.75 Å². The molecular weight excluding hydrogens is 270 g/mol. The molecule has 114 valence electrons. The first-order chi connectivity index (χ1) is 9.99. The molecule has 1 aromatic rings. The van der Waals surface area contributed by atoms with Gasteiger partial charge in [-0.3, -0.25) is 4.79 Å². The van der Waals surface area contributed by atoms with Crippen molar-refractivity contribution in [3.63, 3.8) is 0 Å². The van der Waals surface area contributed by atoms with Gasteiger partial charge in [-0.05, 0) is 57.4 Å². The lowest BCUT2D eigenvalue weighted by Crippen LogP contribution is -2.49. The molecule has 1 aromatic carbocycles. The Morgan fingerprint density at radius 1 is 1.19 bits per heavy atom. The van der Waals surface area contributed by atoms with E-state index in [1.807, 2.05) is 4.90 Å². The predicted molar refractivity (Wildman–Crippen MR) is 78.5 cm³/mol. The van der Waals surface area contributed by atoms with Gasteiger partial charge in [-0.25, -0.2) is 4.79 Å². The summed E-state index contributed by atoms with van der Waals surface area (Å²) in [4.78, 5) is 24.9. The number of nitrogens with zero attached hydrogens (tertiary/aromatic N) is 1. The zero-order chi connectivity index (χ0) is 15.4. The molecule has 1 N–H and O–H groups in total. The topological polar surface area (TPSA) is 66.8 Å². The molecule has 1 saturated heterocycles. The molecule has 2 atom stereocenters. The lowest BCUT2D eigenvalue weighted by atomic mass is 9.97. The molecular formula is C16H21NO4. The lowest BCUT2D eigenvalue weighted by molar-refractivity contribution is -0.139. The third-order valence-corrected chi connectivity index (χ3v) is 3.95. The number of carbonyl (C=O) groups excluding carboxylic acids is 1. The average molecular weight is 291 g/mol. The zero-order valence-corrected chi connectivity index (χ0v) is 12.4. The lowest BCUT2D eigenvalue weighted by Gasteiger charge is -2.38. The highest BCUT2D eigenvalue weighted by Crippen LogP contribution is 2.22. The number of amides is 1. The molecule has 0 radical (unpaired) electrons. The van der Waals surface area contributed by atoms with Crippen molar-refractivity contribution in [3.05, 3.63) is 29.8 Å². The van der Waals surface area contributed by atoms with Crippen LogP contribution < -0.4 is 4.74 Å². The summed E-state index contributed by atoms with van der Waals surface area (Å²) in [5.74, 6) is -0.490. The number of ether oxygens (including phenoxy) is 1. The van der Waals surface area contributed by atoms with Crippen LogP contribution in [0.25, 0.3) is 0 Å². The van der Waals surface area contributed by atoms with Crippen molar-refractivity contribution in [1.82, 2.24) is 4.90 Å². The molecule has 1 aliphatic rings. The van der Waals surface area contributed by atoms with Gasteiger partial charge in [0.25, 0.3) is 5.91 Å². The van der Waals surface area contributed by atoms with Crippen LogP contribution in [-0.2, 0) is 4.79 Å². The van der Waals surface area contributed by atoms with E-state index in [1.54, 1.807) is 12.1 Å². The van der Waals surface area contributed by atoms with Gasteiger partial charge in [-0.1, -0.05) is 0 Å². The predicted octanol–water partition coefficient (Wildman–Crippen LogP) is 2.55. The van der Waals surface area contributed by atoms with Gasteiger partial charge in [-0.2, -0.15) is 0 Å². The molecule has 5 nitrogen and oxygen atoms in total. The van der Waals surface area contributed by atoms with E-state index >= 15 is 0 Å². The summed E-state index contributed by atoms with van der Waals surface area (Å²) in [7, 11) is 0. The van der Waals surface area contributed by atoms with Crippen LogP contribution in [0.2, 0.25) is 0 Å². The quantitative estimate of drug-likeness (QED) is 0.925. The Morgan fingerprint density at radius 2 is 1.76 bits per heavy atom. The molecule has 1 amide bonds. The molecule has 1 fully saturated rings. The number of benzene rings is 1. The van der Waals surface area contributed by atoms with E-state index in [2.05, 4.69) is 13.8 Å². The van der Waals surface area contributed by atoms with Gasteiger partial charge < -0.3 is 14.7 Å². The van der Waals surface area contributed by atoms with Gasteiger partial charge in [0.15, 0.2) is 6.61 Å². The molecule has 0 saturated carbocycles. The molecule has 5 heteroatoms. The van der Waals surface area contributed by atoms with Gasteiger partial charge in [0.05, 0.1) is 5.56 Å². The number of carboxylic acids is 1. The SMILES string of the molecule is C[C@@H]1CCC[C@@H](C)N1C(=O)COc1ccc(C(=O)O)cc1. The van der Waals surface area contributed by atoms with Crippen molar-refractivity contribution in [2.24, 2.45) is 0 Å². The Bertz CT molecular complexity index is 502. The van der Waals surface area contributed by atoms with Gasteiger partial charge in [-0.15, -0.1) is 0 Å². The summed E-state index contributed by atoms with van der Waals surface area (Å²) >= 11 is 0. The minimum Gasteiger partial charge on any atom is -0.484 e. The summed E-state index contributed by atoms with van der Waals surface area (Å²) < 4.78 is 5.47. The van der Waals surface area contributed by atoms with Gasteiger partial charge in [0.2, 0.25) is 0 Å². The molecule has 0 aromatic heterocycles. The van der Waals surface area contributed by atoms with Crippen molar-refractivity contribution in [1.29, 1.82) is 0 Å². The number of aromatic carboxylic acids is 1. The van der Waals surface area contributed by atoms with Gasteiger partial charge in [0.1, 0.15) is 5.75 Å². The number of hydrogen-bond acceptors (Lipinski definition) is 3. The average Bonchev–Trinajstić information content (AvgIpc) is 2.45. The Labute approximate surface area is 124 Å². The Kier molecular flexibility index (Phi) is 4.83. The summed E-state index contributed by atoms with van der Waals surface area (Å²) in [5.41, 5.74) is 0.201. The number of hydrogen-bond donors (Lipinski definition) is 1. The largest absolute Gasteiger partial charge is 0.484 e. The Balaban J connectivity index is 1.92. The molecule has 0 aliphatic carbocycles. The standard InChI is InChI=1S/C16H21NO4/c1-11-4-3-5-12(2)17(11)15(18)10-21-14-8-6-13(7-9-14)16(19)20/h6-9,11-12H,3-5,10H2,1-2H3,(H,19,20)/t11-,12-/m1/s1. The minimum absolute atomic E-state index is 0.0128. The fraction of sp³-hybridized carbons (Fsp3) is 0.500. The fourth-order valence-corrected chi connectivity index (χ4v) is 2.83. The molecule has 1 aliphatic heterocycles. The number of carboxylic acid groups (broad SMARTS) is 1. The van der Waals surface area contributed by atoms with Gasteiger partial charge >= 0.3 is 5.97 Å². The molecule has 21 heavy (non-hydrogen) atoms. The molecule has 0 spiro atoms. The van der Waals surface area contributed by atoms with E-state index in [-0.39, 0.29) is 30.2 Å². The summed E-state index contributed by atoms with van der Waals surface area (Å²) in [6.07, 6.45) is 3.22. The second kappa shape index (κ2) is 6.61. The van der Waals surface area contributed by atoms with Crippen LogP contribution in [0.15, 0.2) is 24.3 Å². The molecule has 0 bridgehead atoms. The van der Waals surface area contributed by atoms with Crippen LogP contribution in [0.1, 0.15) is 43.5 Å². The summed E-state index contributed by atoms with van der Waals surface area (Å²) in [5, 5.41) is 8.82. The maximum absolute atomic E-state index is 12.3. The summed E-state index contributed by atoms with van der Waals surface area (Å²) in [6.45, 7) is 4.12. The zero-order valence-electron chi connectivity index (χ0n) is 12.4. The van der Waals surface area contributed by atoms with E-state index in [4.69, 9.17) is 9.84 Å². The van der Waals surface area contributed by atoms with Crippen molar-refractivity contribution >= 4 is 11.9 Å². The highest BCUT2D eigenvalue weighted by Gasteiger charge is 2.28. The molecule has 1 heterocycles. The van der Waals surface area contributed by atoms with E-state index in [1.165, 1.54) is 12.1 Å². The van der Waals surface area contributed by atoms with Gasteiger partial charge in [0, 0.05) is 12.1 Å². The van der Waals surface area contributed by atoms with Crippen molar-refractivity contribution in [2.45, 2.75) is 45.2 Å². The maximum Gasteiger partial charge on any atom is 0.335 e. The smallest absolute Gasteiger partial charge is 0.335 e. The van der Waals surface area contributed by atoms with Crippen molar-refractivity contribution < 1.29 is 19.4 Å². The van der Waals surface area contributed by atoms with Crippen molar-refractivity contribution in [2.75, 3.05) is 6.61 Å². The van der Waals surface area contributed by atoms with E-state index in [9.17, 15) is 9.59 Å². The summed E-state index contributed by atoms with van der Waals surface area (Å²) in [6, 6.07) is 6.57. The third-order valence-electron chi connectivity index (χ3n) is 3.95. The highest BCUT2D eigenvalue weighted by molar-refractivity contribution is 5.87.